The van der Waals surface area contributed by atoms with Crippen molar-refractivity contribution in [3.63, 3.8) is 0 Å². The first-order valence-electron chi connectivity index (χ1n) is 9.41. The molecular weight excluding hydrogens is 376 g/mol. The third-order valence-corrected chi connectivity index (χ3v) is 5.07. The van der Waals surface area contributed by atoms with Gasteiger partial charge >= 0.3 is 0 Å². The number of amides is 1. The summed E-state index contributed by atoms with van der Waals surface area (Å²) in [6.45, 7) is 4.71. The molecular formula is C19H20N6O4. The molecule has 3 aromatic rings. The van der Waals surface area contributed by atoms with Gasteiger partial charge in [0.2, 0.25) is 6.79 Å². The van der Waals surface area contributed by atoms with Crippen LogP contribution in [-0.2, 0) is 4.79 Å². The number of hydrogen-bond donors (Lipinski definition) is 0. The van der Waals surface area contributed by atoms with E-state index in [9.17, 15) is 4.79 Å². The Hall–Kier alpha value is -3.56. The summed E-state index contributed by atoms with van der Waals surface area (Å²) >= 11 is 0. The number of ether oxygens (including phenoxy) is 3. The molecule has 0 aliphatic carbocycles. The molecule has 29 heavy (non-hydrogen) atoms. The lowest BCUT2D eigenvalue weighted by atomic mass is 10.3. The largest absolute Gasteiger partial charge is 0.484 e. The molecule has 1 amide bonds. The van der Waals surface area contributed by atoms with Crippen LogP contribution in [0.25, 0.3) is 5.65 Å². The van der Waals surface area contributed by atoms with Gasteiger partial charge in [0.05, 0.1) is 0 Å². The SMILES string of the molecule is Cc1nnc2ccc(N3CCN(C(=O)COc4ccc5c(c4)OCO5)CC3)nn12. The molecule has 0 saturated carbocycles. The van der Waals surface area contributed by atoms with Crippen molar-refractivity contribution >= 4 is 17.4 Å². The first-order valence-corrected chi connectivity index (χ1v) is 9.41. The Morgan fingerprint density at radius 1 is 1.07 bits per heavy atom. The minimum absolute atomic E-state index is 0.0102. The van der Waals surface area contributed by atoms with E-state index in [0.717, 1.165) is 17.3 Å². The predicted octanol–water partition coefficient (Wildman–Crippen LogP) is 0.889. The average Bonchev–Trinajstić information content (AvgIpc) is 3.38. The summed E-state index contributed by atoms with van der Waals surface area (Å²) in [5.74, 6) is 3.47. The van der Waals surface area contributed by atoms with Crippen LogP contribution in [0.5, 0.6) is 17.2 Å². The Morgan fingerprint density at radius 3 is 2.76 bits per heavy atom. The monoisotopic (exact) mass is 396 g/mol. The third kappa shape index (κ3) is 3.37. The van der Waals surface area contributed by atoms with E-state index in [0.29, 0.717) is 43.4 Å². The standard InChI is InChI=1S/C19H20N6O4/c1-13-20-21-17-4-5-18(22-25(13)17)23-6-8-24(9-7-23)19(26)11-27-14-2-3-15-16(10-14)29-12-28-15/h2-5,10H,6-9,11-12H2,1H3. The number of piperazine rings is 1. The van der Waals surface area contributed by atoms with Crippen molar-refractivity contribution in [1.29, 1.82) is 0 Å². The average molecular weight is 396 g/mol. The predicted molar refractivity (Wildman–Crippen MR) is 102 cm³/mol. The van der Waals surface area contributed by atoms with Crippen LogP contribution in [0.2, 0.25) is 0 Å². The van der Waals surface area contributed by atoms with Gasteiger partial charge in [0.1, 0.15) is 11.6 Å². The molecule has 2 aliphatic rings. The van der Waals surface area contributed by atoms with E-state index in [1.807, 2.05) is 24.0 Å². The van der Waals surface area contributed by atoms with Crippen molar-refractivity contribution in [1.82, 2.24) is 24.7 Å². The number of nitrogens with zero attached hydrogens (tertiary/aromatic N) is 6. The van der Waals surface area contributed by atoms with Gasteiger partial charge in [-0.3, -0.25) is 4.79 Å². The van der Waals surface area contributed by atoms with Crippen molar-refractivity contribution in [2.45, 2.75) is 6.92 Å². The molecule has 1 aromatic carbocycles. The highest BCUT2D eigenvalue weighted by molar-refractivity contribution is 5.78. The number of benzene rings is 1. The van der Waals surface area contributed by atoms with E-state index in [1.165, 1.54) is 0 Å². The lowest BCUT2D eigenvalue weighted by molar-refractivity contribution is -0.133. The normalized spacial score (nSPS) is 15.8. The van der Waals surface area contributed by atoms with Gasteiger partial charge in [-0.15, -0.1) is 15.3 Å². The lowest BCUT2D eigenvalue weighted by Crippen LogP contribution is -2.50. The quantitative estimate of drug-likeness (QED) is 0.642. The van der Waals surface area contributed by atoms with Gasteiger partial charge in [-0.2, -0.15) is 4.52 Å². The number of rotatable bonds is 4. The highest BCUT2D eigenvalue weighted by Gasteiger charge is 2.23. The summed E-state index contributed by atoms with van der Waals surface area (Å²) in [7, 11) is 0. The van der Waals surface area contributed by atoms with Gasteiger partial charge in [0.15, 0.2) is 29.6 Å². The maximum atomic E-state index is 12.5. The third-order valence-electron chi connectivity index (χ3n) is 5.07. The summed E-state index contributed by atoms with van der Waals surface area (Å²) in [6.07, 6.45) is 0. The minimum Gasteiger partial charge on any atom is -0.484 e. The molecule has 0 unspecified atom stereocenters. The molecule has 10 heteroatoms. The van der Waals surface area contributed by atoms with Gasteiger partial charge in [0.25, 0.3) is 5.91 Å². The van der Waals surface area contributed by atoms with E-state index < -0.39 is 0 Å². The van der Waals surface area contributed by atoms with E-state index in [1.54, 1.807) is 22.7 Å². The Balaban J connectivity index is 1.16. The summed E-state index contributed by atoms with van der Waals surface area (Å²) in [6, 6.07) is 9.13. The van der Waals surface area contributed by atoms with Gasteiger partial charge < -0.3 is 24.0 Å². The van der Waals surface area contributed by atoms with Crippen LogP contribution in [0.3, 0.4) is 0 Å². The highest BCUT2D eigenvalue weighted by atomic mass is 16.7. The second-order valence-corrected chi connectivity index (χ2v) is 6.88. The molecule has 1 fully saturated rings. The molecule has 5 rings (SSSR count). The molecule has 0 atom stereocenters. The maximum Gasteiger partial charge on any atom is 0.260 e. The van der Waals surface area contributed by atoms with Crippen molar-refractivity contribution in [2.75, 3.05) is 44.5 Å². The van der Waals surface area contributed by atoms with E-state index in [2.05, 4.69) is 20.2 Å². The number of aromatic nitrogens is 4. The zero-order valence-corrected chi connectivity index (χ0v) is 15.9. The lowest BCUT2D eigenvalue weighted by Gasteiger charge is -2.35. The molecule has 10 nitrogen and oxygen atoms in total. The van der Waals surface area contributed by atoms with Crippen LogP contribution in [0.15, 0.2) is 30.3 Å². The van der Waals surface area contributed by atoms with Crippen LogP contribution in [0.4, 0.5) is 5.82 Å². The Kier molecular flexibility index (Phi) is 4.30. The van der Waals surface area contributed by atoms with Gasteiger partial charge in [0, 0.05) is 32.2 Å². The van der Waals surface area contributed by atoms with Crippen LogP contribution in [-0.4, -0.2) is 70.2 Å². The zero-order chi connectivity index (χ0) is 19.8. The fourth-order valence-corrected chi connectivity index (χ4v) is 3.44. The van der Waals surface area contributed by atoms with Crippen molar-refractivity contribution < 1.29 is 19.0 Å². The molecule has 0 spiro atoms. The number of carbonyl (C=O) groups excluding carboxylic acids is 1. The number of carbonyl (C=O) groups is 1. The highest BCUT2D eigenvalue weighted by Crippen LogP contribution is 2.35. The second-order valence-electron chi connectivity index (χ2n) is 6.88. The first-order chi connectivity index (χ1) is 14.2. The molecule has 0 radical (unpaired) electrons. The molecule has 150 valence electrons. The number of fused-ring (bicyclic) bond motifs is 2. The Bertz CT molecular complexity index is 1060. The fraction of sp³-hybridized carbons (Fsp3) is 0.368. The van der Waals surface area contributed by atoms with Crippen LogP contribution in [0.1, 0.15) is 5.82 Å². The summed E-state index contributed by atoms with van der Waals surface area (Å²) in [5, 5.41) is 12.7. The Morgan fingerprint density at radius 2 is 1.90 bits per heavy atom. The molecule has 0 bridgehead atoms. The van der Waals surface area contributed by atoms with Crippen molar-refractivity contribution in [3.8, 4) is 17.2 Å². The summed E-state index contributed by atoms with van der Waals surface area (Å²) < 4.78 is 18.0. The minimum atomic E-state index is -0.0413. The molecule has 2 aromatic heterocycles. The first kappa shape index (κ1) is 17.5. The molecule has 4 heterocycles. The summed E-state index contributed by atoms with van der Waals surface area (Å²) in [5.41, 5.74) is 0.723. The van der Waals surface area contributed by atoms with Gasteiger partial charge in [-0.25, -0.2) is 0 Å². The zero-order valence-electron chi connectivity index (χ0n) is 15.9. The van der Waals surface area contributed by atoms with Gasteiger partial charge in [-0.1, -0.05) is 0 Å². The fourth-order valence-electron chi connectivity index (χ4n) is 3.44. The smallest absolute Gasteiger partial charge is 0.260 e. The van der Waals surface area contributed by atoms with Gasteiger partial charge in [-0.05, 0) is 31.2 Å². The number of hydrogen-bond acceptors (Lipinski definition) is 8. The molecule has 1 saturated heterocycles. The second kappa shape index (κ2) is 7.12. The molecule has 2 aliphatic heterocycles. The van der Waals surface area contributed by atoms with E-state index in [-0.39, 0.29) is 19.3 Å². The maximum absolute atomic E-state index is 12.5. The summed E-state index contributed by atoms with van der Waals surface area (Å²) in [4.78, 5) is 16.5. The van der Waals surface area contributed by atoms with Crippen molar-refractivity contribution in [2.24, 2.45) is 0 Å². The van der Waals surface area contributed by atoms with E-state index >= 15 is 0 Å². The number of anilines is 1. The van der Waals surface area contributed by atoms with Crippen LogP contribution in [0, 0.1) is 6.92 Å². The van der Waals surface area contributed by atoms with Crippen LogP contribution < -0.4 is 19.1 Å². The van der Waals surface area contributed by atoms with Crippen molar-refractivity contribution in [3.05, 3.63) is 36.2 Å². The van der Waals surface area contributed by atoms with Crippen LogP contribution >= 0.6 is 0 Å². The molecule has 0 N–H and O–H groups in total. The topological polar surface area (TPSA) is 94.3 Å². The number of aryl methyl sites for hydroxylation is 1. The van der Waals surface area contributed by atoms with E-state index in [4.69, 9.17) is 14.2 Å². The Labute approximate surface area is 166 Å².